The topological polar surface area (TPSA) is 196 Å². The fourth-order valence-corrected chi connectivity index (χ4v) is 17.2. The fourth-order valence-electron chi connectivity index (χ4n) is 6.57. The molecule has 0 amide bonds. The van der Waals surface area contributed by atoms with E-state index in [2.05, 4.69) is 16.0 Å². The number of aliphatic hydroxyl groups excluding tert-OH is 1. The van der Waals surface area contributed by atoms with Gasteiger partial charge in [-0.3, -0.25) is 5.32 Å². The standard InChI is InChI=1S/C37H46N4O9S4/c1-28-5-13-32(14-6-28)51(43,44)36(27-42)37(52(45,46)33-15-7-29(2)8-16-33,53(47,48)34-17-9-30(3)10-18-34)40-24-23-38-21-22-39-25-26-41(36)54(49,50)35-19-11-31(4)12-20-35/h5-20,38-40,42H,21-27H2,1-4H3. The van der Waals surface area contributed by atoms with E-state index < -0.39 is 87.9 Å². The Morgan fingerprint density at radius 3 is 1.22 bits per heavy atom. The average molecular weight is 819 g/mol. The molecule has 1 aliphatic heterocycles. The minimum Gasteiger partial charge on any atom is -0.393 e. The van der Waals surface area contributed by atoms with E-state index in [1.165, 1.54) is 60.7 Å². The van der Waals surface area contributed by atoms with Crippen LogP contribution >= 0.6 is 0 Å². The number of nitrogens with zero attached hydrogens (tertiary/aromatic N) is 1. The molecule has 1 heterocycles. The Kier molecular flexibility index (Phi) is 12.3. The van der Waals surface area contributed by atoms with Crippen LogP contribution in [0.15, 0.2) is 117 Å². The minimum absolute atomic E-state index is 0.0763. The second-order valence-corrected chi connectivity index (χ2v) is 21.8. The van der Waals surface area contributed by atoms with Crippen LogP contribution in [0.4, 0.5) is 0 Å². The van der Waals surface area contributed by atoms with Gasteiger partial charge in [0.15, 0.2) is 0 Å². The van der Waals surface area contributed by atoms with Crippen molar-refractivity contribution in [1.82, 2.24) is 20.3 Å². The maximum atomic E-state index is 15.8. The quantitative estimate of drug-likeness (QED) is 0.193. The van der Waals surface area contributed by atoms with Crippen molar-refractivity contribution in [3.8, 4) is 0 Å². The molecule has 54 heavy (non-hydrogen) atoms. The summed E-state index contributed by atoms with van der Waals surface area (Å²) >= 11 is 0. The van der Waals surface area contributed by atoms with Crippen molar-refractivity contribution in [1.29, 1.82) is 0 Å². The molecule has 0 radical (unpaired) electrons. The summed E-state index contributed by atoms with van der Waals surface area (Å²) in [5, 5.41) is 20.7. The first kappa shape index (κ1) is 41.6. The van der Waals surface area contributed by atoms with Crippen molar-refractivity contribution in [3.63, 3.8) is 0 Å². The number of hydrogen-bond acceptors (Lipinski definition) is 12. The van der Waals surface area contributed by atoms with Gasteiger partial charge in [-0.2, -0.15) is 4.31 Å². The number of nitrogens with one attached hydrogen (secondary N) is 3. The number of sulfone groups is 3. The lowest BCUT2D eigenvalue weighted by atomic mass is 10.2. The summed E-state index contributed by atoms with van der Waals surface area (Å²) < 4.78 is 122. The van der Waals surface area contributed by atoms with E-state index in [0.717, 1.165) is 36.4 Å². The molecule has 0 saturated carbocycles. The normalized spacial score (nSPS) is 19.7. The molecule has 1 unspecified atom stereocenters. The van der Waals surface area contributed by atoms with Crippen LogP contribution in [0.25, 0.3) is 0 Å². The maximum absolute atomic E-state index is 15.8. The van der Waals surface area contributed by atoms with Gasteiger partial charge in [0.25, 0.3) is 4.20 Å². The van der Waals surface area contributed by atoms with Gasteiger partial charge in [0.05, 0.1) is 26.2 Å². The summed E-state index contributed by atoms with van der Waals surface area (Å²) in [4.78, 5) is -6.06. The average Bonchev–Trinajstić information content (AvgIpc) is 3.12. The Hall–Kier alpha value is -3.52. The molecule has 0 spiro atoms. The summed E-state index contributed by atoms with van der Waals surface area (Å²) in [6.07, 6.45) is 0. The first-order valence-electron chi connectivity index (χ1n) is 17.2. The van der Waals surface area contributed by atoms with Gasteiger partial charge >= 0.3 is 0 Å². The summed E-state index contributed by atoms with van der Waals surface area (Å²) in [5.74, 6) is 0. The molecule has 4 N–H and O–H groups in total. The van der Waals surface area contributed by atoms with Crippen LogP contribution in [0, 0.1) is 27.7 Å². The van der Waals surface area contributed by atoms with Gasteiger partial charge in [0.1, 0.15) is 0 Å². The smallest absolute Gasteiger partial charge is 0.268 e. The second-order valence-electron chi connectivity index (χ2n) is 13.3. The van der Waals surface area contributed by atoms with E-state index in [1.807, 2.05) is 0 Å². The molecule has 5 rings (SSSR count). The molecule has 0 aliphatic carbocycles. The molecule has 4 aromatic carbocycles. The second kappa shape index (κ2) is 15.9. The molecule has 0 aromatic heterocycles. The van der Waals surface area contributed by atoms with Crippen molar-refractivity contribution in [2.75, 3.05) is 45.9 Å². The van der Waals surface area contributed by atoms with Crippen molar-refractivity contribution in [2.24, 2.45) is 0 Å². The van der Waals surface area contributed by atoms with Crippen molar-refractivity contribution in [3.05, 3.63) is 119 Å². The lowest BCUT2D eigenvalue weighted by molar-refractivity contribution is 0.125. The highest BCUT2D eigenvalue weighted by Crippen LogP contribution is 2.51. The van der Waals surface area contributed by atoms with Crippen molar-refractivity contribution >= 4 is 39.5 Å². The Morgan fingerprint density at radius 2 is 0.833 bits per heavy atom. The SMILES string of the molecule is Cc1ccc(S(=O)(=O)N2CCNCCNCCNC(S(=O)(=O)c3ccc(C)cc3)(S(=O)(=O)c3ccc(C)cc3)C2(CO)S(=O)(=O)c2ccc(C)cc2)cc1. The van der Waals surface area contributed by atoms with Crippen LogP contribution in [0.1, 0.15) is 22.3 Å². The minimum atomic E-state index is -5.64. The van der Waals surface area contributed by atoms with E-state index >= 15 is 33.7 Å². The summed E-state index contributed by atoms with van der Waals surface area (Å²) in [6, 6.07) is 20.7. The van der Waals surface area contributed by atoms with Crippen LogP contribution in [0.3, 0.4) is 0 Å². The predicted molar refractivity (Wildman–Crippen MR) is 206 cm³/mol. The van der Waals surface area contributed by atoms with Gasteiger partial charge in [-0.15, -0.1) is 0 Å². The summed E-state index contributed by atoms with van der Waals surface area (Å²) in [5.41, 5.74) is 2.48. The monoisotopic (exact) mass is 818 g/mol. The molecule has 13 nitrogen and oxygen atoms in total. The zero-order valence-electron chi connectivity index (χ0n) is 30.5. The zero-order chi connectivity index (χ0) is 39.6. The Bertz CT molecular complexity index is 2310. The largest absolute Gasteiger partial charge is 0.393 e. The third kappa shape index (κ3) is 7.05. The molecule has 1 fully saturated rings. The highest BCUT2D eigenvalue weighted by molar-refractivity contribution is 8.12. The predicted octanol–water partition coefficient (Wildman–Crippen LogP) is 2.46. The van der Waals surface area contributed by atoms with Crippen molar-refractivity contribution in [2.45, 2.75) is 56.4 Å². The summed E-state index contributed by atoms with van der Waals surface area (Å²) in [7, 11) is -22.1. The molecular weight excluding hydrogens is 773 g/mol. The maximum Gasteiger partial charge on any atom is 0.268 e. The Labute approximate surface area is 318 Å². The van der Waals surface area contributed by atoms with Crippen molar-refractivity contribution < 1.29 is 38.8 Å². The molecule has 17 heteroatoms. The van der Waals surface area contributed by atoms with Crippen LogP contribution in [-0.4, -0.2) is 98.0 Å². The van der Waals surface area contributed by atoms with Gasteiger partial charge in [-0.05, 0) is 76.2 Å². The van der Waals surface area contributed by atoms with E-state index in [1.54, 1.807) is 27.7 Å². The van der Waals surface area contributed by atoms with Gasteiger partial charge in [0.2, 0.25) is 44.4 Å². The summed E-state index contributed by atoms with van der Waals surface area (Å²) in [6.45, 7) is 3.93. The van der Waals surface area contributed by atoms with Crippen LogP contribution in [0.5, 0.6) is 0 Å². The molecule has 1 saturated heterocycles. The van der Waals surface area contributed by atoms with E-state index in [4.69, 9.17) is 0 Å². The van der Waals surface area contributed by atoms with E-state index in [9.17, 15) is 5.11 Å². The number of aliphatic hydroxyl groups is 1. The van der Waals surface area contributed by atoms with Gasteiger partial charge < -0.3 is 15.7 Å². The molecule has 4 aromatic rings. The third-order valence-electron chi connectivity index (χ3n) is 9.57. The van der Waals surface area contributed by atoms with Crippen LogP contribution in [0.2, 0.25) is 0 Å². The number of benzene rings is 4. The van der Waals surface area contributed by atoms with Gasteiger partial charge in [0, 0.05) is 39.3 Å². The zero-order valence-corrected chi connectivity index (χ0v) is 33.7. The fraction of sp³-hybridized carbons (Fsp3) is 0.351. The first-order chi connectivity index (χ1) is 25.4. The lowest BCUT2D eigenvalue weighted by Gasteiger charge is -2.51. The number of sulfonamides is 1. The molecule has 1 atom stereocenters. The van der Waals surface area contributed by atoms with Gasteiger partial charge in [-0.1, -0.05) is 70.8 Å². The Balaban J connectivity index is 2.11. The molecule has 292 valence electrons. The van der Waals surface area contributed by atoms with Gasteiger partial charge in [-0.25, -0.2) is 33.7 Å². The van der Waals surface area contributed by atoms with Crippen LogP contribution in [-0.2, 0) is 39.5 Å². The lowest BCUT2D eigenvalue weighted by Crippen LogP contribution is -2.81. The third-order valence-corrected chi connectivity index (χ3v) is 19.9. The van der Waals surface area contributed by atoms with E-state index in [0.29, 0.717) is 39.6 Å². The van der Waals surface area contributed by atoms with Crippen LogP contribution < -0.4 is 16.0 Å². The Morgan fingerprint density at radius 1 is 0.500 bits per heavy atom. The molecule has 1 aliphatic rings. The van der Waals surface area contributed by atoms with E-state index in [-0.39, 0.29) is 13.1 Å². The highest BCUT2D eigenvalue weighted by Gasteiger charge is 2.78. The molecule has 0 bridgehead atoms. The molecular formula is C37H46N4O9S4. The number of rotatable bonds is 9. The number of hydrogen-bond donors (Lipinski definition) is 4. The highest BCUT2D eigenvalue weighted by atomic mass is 32.3. The number of aryl methyl sites for hydroxylation is 4. The first-order valence-corrected chi connectivity index (χ1v) is 23.1.